The highest BCUT2D eigenvalue weighted by atomic mass is 15.3. The number of hydrogen-bond acceptors (Lipinski definition) is 6. The molecule has 6 nitrogen and oxygen atoms in total. The number of hydrogen-bond donors (Lipinski definition) is 3. The minimum Gasteiger partial charge on any atom is -0.368 e. The number of anilines is 3. The van der Waals surface area contributed by atoms with E-state index in [1.807, 2.05) is 0 Å². The van der Waals surface area contributed by atoms with Crippen molar-refractivity contribution in [3.05, 3.63) is 0 Å². The normalized spacial score (nSPS) is 14.8. The van der Waals surface area contributed by atoms with E-state index in [2.05, 4.69) is 81.0 Å². The Morgan fingerprint density at radius 2 is 1.42 bits per heavy atom. The Bertz CT molecular complexity index is 569. The molecule has 0 saturated heterocycles. The molecule has 150 valence electrons. The molecule has 1 heterocycles. The third-order valence-corrected chi connectivity index (χ3v) is 5.82. The minimum absolute atomic E-state index is 0.0983. The number of aromatic nitrogens is 3. The third kappa shape index (κ3) is 5.99. The summed E-state index contributed by atoms with van der Waals surface area (Å²) in [7, 11) is 0. The molecule has 26 heavy (non-hydrogen) atoms. The van der Waals surface area contributed by atoms with Gasteiger partial charge >= 0.3 is 0 Å². The van der Waals surface area contributed by atoms with Crippen molar-refractivity contribution in [3.63, 3.8) is 0 Å². The van der Waals surface area contributed by atoms with Gasteiger partial charge in [-0.25, -0.2) is 0 Å². The van der Waals surface area contributed by atoms with Gasteiger partial charge in [0.15, 0.2) is 0 Å². The molecule has 6 heteroatoms. The van der Waals surface area contributed by atoms with Crippen molar-refractivity contribution in [1.82, 2.24) is 15.0 Å². The molecule has 0 radical (unpaired) electrons. The summed E-state index contributed by atoms with van der Waals surface area (Å²) in [5.74, 6) is 1.33. The smallest absolute Gasteiger partial charge is 0.229 e. The molecule has 0 aromatic carbocycles. The quantitative estimate of drug-likeness (QED) is 0.506. The van der Waals surface area contributed by atoms with Crippen molar-refractivity contribution in [2.75, 3.05) is 22.9 Å². The Morgan fingerprint density at radius 3 is 1.96 bits per heavy atom. The van der Waals surface area contributed by atoms with Crippen LogP contribution >= 0.6 is 0 Å². The molecular weight excluding hydrogens is 324 g/mol. The number of nitrogens with two attached hydrogens (primary N) is 1. The van der Waals surface area contributed by atoms with Gasteiger partial charge in [0.2, 0.25) is 17.8 Å². The van der Waals surface area contributed by atoms with Crippen molar-refractivity contribution in [2.24, 2.45) is 10.8 Å². The van der Waals surface area contributed by atoms with Crippen LogP contribution in [-0.2, 0) is 0 Å². The molecule has 1 atom stereocenters. The molecule has 1 unspecified atom stereocenters. The first kappa shape index (κ1) is 22.5. The summed E-state index contributed by atoms with van der Waals surface area (Å²) in [6, 6.07) is 0. The van der Waals surface area contributed by atoms with Crippen LogP contribution in [0.1, 0.15) is 87.5 Å². The van der Waals surface area contributed by atoms with Gasteiger partial charge in [-0.15, -0.1) is 0 Å². The molecule has 0 saturated carbocycles. The van der Waals surface area contributed by atoms with Gasteiger partial charge in [0.1, 0.15) is 0 Å². The first-order valence-corrected chi connectivity index (χ1v) is 10.0. The van der Waals surface area contributed by atoms with E-state index in [1.165, 1.54) is 0 Å². The molecule has 4 N–H and O–H groups in total. The molecular formula is C20H40N6. The molecule has 1 rings (SSSR count). The van der Waals surface area contributed by atoms with Gasteiger partial charge in [0.05, 0.1) is 0 Å². The summed E-state index contributed by atoms with van der Waals surface area (Å²) in [6.45, 7) is 18.7. The Morgan fingerprint density at radius 1 is 0.846 bits per heavy atom. The van der Waals surface area contributed by atoms with E-state index in [4.69, 9.17) is 5.73 Å². The molecule has 0 fully saturated rings. The summed E-state index contributed by atoms with van der Waals surface area (Å²) in [5.41, 5.74) is 6.11. The maximum Gasteiger partial charge on any atom is 0.229 e. The zero-order valence-electron chi connectivity index (χ0n) is 18.2. The van der Waals surface area contributed by atoms with Crippen LogP contribution in [0.15, 0.2) is 0 Å². The average Bonchev–Trinajstić information content (AvgIpc) is 2.52. The molecule has 1 aromatic heterocycles. The zero-order valence-corrected chi connectivity index (χ0v) is 18.2. The summed E-state index contributed by atoms with van der Waals surface area (Å²) in [4.78, 5) is 13.2. The lowest BCUT2D eigenvalue weighted by Gasteiger charge is -2.44. The lowest BCUT2D eigenvalue weighted by Crippen LogP contribution is -2.48. The van der Waals surface area contributed by atoms with Crippen molar-refractivity contribution in [1.29, 1.82) is 0 Å². The molecule has 0 bridgehead atoms. The van der Waals surface area contributed by atoms with E-state index in [9.17, 15) is 0 Å². The SMILES string of the molecule is CCCC(C)(C)CNc1nc(N)nc(NC(C)(CCC)C(C)(C)CC)n1. The standard InChI is InChI=1S/C20H40N6/c1-9-12-18(4,5)14-22-16-23-15(21)24-17(25-16)26-20(8,13-10-2)19(6,7)11-3/h9-14H2,1-8H3,(H4,21,22,23,24,25,26). The maximum absolute atomic E-state index is 5.95. The van der Waals surface area contributed by atoms with Crippen LogP contribution in [0.4, 0.5) is 17.8 Å². The highest BCUT2D eigenvalue weighted by Gasteiger charge is 2.39. The summed E-state index contributed by atoms with van der Waals surface area (Å²) in [6.07, 6.45) is 5.48. The highest BCUT2D eigenvalue weighted by Crippen LogP contribution is 2.39. The largest absolute Gasteiger partial charge is 0.368 e. The van der Waals surface area contributed by atoms with Crippen LogP contribution < -0.4 is 16.4 Å². The first-order valence-electron chi connectivity index (χ1n) is 10.0. The fourth-order valence-electron chi connectivity index (χ4n) is 3.32. The van der Waals surface area contributed by atoms with Crippen LogP contribution in [0.3, 0.4) is 0 Å². The predicted octanol–water partition coefficient (Wildman–Crippen LogP) is 5.10. The summed E-state index contributed by atoms with van der Waals surface area (Å²) < 4.78 is 0. The molecule has 0 aliphatic carbocycles. The highest BCUT2D eigenvalue weighted by molar-refractivity contribution is 5.42. The zero-order chi connectivity index (χ0) is 20.0. The molecule has 0 amide bonds. The van der Waals surface area contributed by atoms with Gasteiger partial charge in [-0.05, 0) is 37.0 Å². The first-order chi connectivity index (χ1) is 12.0. The minimum atomic E-state index is -0.122. The molecule has 0 aliphatic heterocycles. The predicted molar refractivity (Wildman–Crippen MR) is 112 cm³/mol. The molecule has 0 aliphatic rings. The van der Waals surface area contributed by atoms with Crippen LogP contribution in [0.25, 0.3) is 0 Å². The van der Waals surface area contributed by atoms with Crippen LogP contribution in [-0.4, -0.2) is 27.0 Å². The summed E-state index contributed by atoms with van der Waals surface area (Å²) >= 11 is 0. The van der Waals surface area contributed by atoms with E-state index >= 15 is 0 Å². The second-order valence-electron chi connectivity index (χ2n) is 9.05. The maximum atomic E-state index is 5.95. The van der Waals surface area contributed by atoms with Gasteiger partial charge in [-0.2, -0.15) is 15.0 Å². The Hall–Kier alpha value is -1.59. The van der Waals surface area contributed by atoms with E-state index in [0.29, 0.717) is 11.9 Å². The van der Waals surface area contributed by atoms with Gasteiger partial charge < -0.3 is 16.4 Å². The number of nitrogens with zero attached hydrogens (tertiary/aromatic N) is 3. The number of nitrogen functional groups attached to an aromatic ring is 1. The monoisotopic (exact) mass is 364 g/mol. The van der Waals surface area contributed by atoms with Gasteiger partial charge in [0.25, 0.3) is 0 Å². The van der Waals surface area contributed by atoms with Crippen molar-refractivity contribution < 1.29 is 0 Å². The lowest BCUT2D eigenvalue weighted by molar-refractivity contribution is 0.183. The molecule has 0 spiro atoms. The topological polar surface area (TPSA) is 88.8 Å². The fraction of sp³-hybridized carbons (Fsp3) is 0.850. The van der Waals surface area contributed by atoms with E-state index < -0.39 is 0 Å². The van der Waals surface area contributed by atoms with Gasteiger partial charge in [-0.1, -0.05) is 61.3 Å². The Balaban J connectivity index is 3.01. The molecule has 1 aromatic rings. The second-order valence-corrected chi connectivity index (χ2v) is 9.05. The fourth-order valence-corrected chi connectivity index (χ4v) is 3.32. The van der Waals surface area contributed by atoms with Crippen LogP contribution in [0.5, 0.6) is 0 Å². The Kier molecular flexibility index (Phi) is 7.66. The van der Waals surface area contributed by atoms with Crippen molar-refractivity contribution in [2.45, 2.75) is 93.0 Å². The van der Waals surface area contributed by atoms with Crippen LogP contribution in [0, 0.1) is 10.8 Å². The van der Waals surface area contributed by atoms with Crippen LogP contribution in [0.2, 0.25) is 0 Å². The van der Waals surface area contributed by atoms with Crippen molar-refractivity contribution >= 4 is 17.8 Å². The summed E-state index contributed by atoms with van der Waals surface area (Å²) in [5, 5.41) is 6.91. The average molecular weight is 365 g/mol. The lowest BCUT2D eigenvalue weighted by atomic mass is 9.69. The van der Waals surface area contributed by atoms with Gasteiger partial charge in [-0.3, -0.25) is 0 Å². The van der Waals surface area contributed by atoms with Gasteiger partial charge in [0, 0.05) is 12.1 Å². The van der Waals surface area contributed by atoms with E-state index in [-0.39, 0.29) is 22.3 Å². The van der Waals surface area contributed by atoms with Crippen molar-refractivity contribution in [3.8, 4) is 0 Å². The Labute approximate surface area is 160 Å². The van der Waals surface area contributed by atoms with E-state index in [0.717, 1.165) is 38.6 Å². The van der Waals surface area contributed by atoms with E-state index in [1.54, 1.807) is 0 Å². The third-order valence-electron chi connectivity index (χ3n) is 5.82. The number of rotatable bonds is 11. The second kappa shape index (κ2) is 8.87. The number of nitrogens with one attached hydrogen (secondary N) is 2.